The molecule has 0 saturated heterocycles. The molecule has 0 bridgehead atoms. The number of non-ortho nitro benzene ring substituents is 1. The number of carbonyl (C=O) groups is 1. The second-order valence-electron chi connectivity index (χ2n) is 6.83. The van der Waals surface area contributed by atoms with Crippen LogP contribution in [0.5, 0.6) is 5.75 Å². The van der Waals surface area contributed by atoms with E-state index >= 15 is 0 Å². The van der Waals surface area contributed by atoms with Gasteiger partial charge in [-0.25, -0.2) is 9.79 Å². The van der Waals surface area contributed by atoms with E-state index in [4.69, 9.17) is 9.47 Å². The van der Waals surface area contributed by atoms with Crippen LogP contribution in [0.4, 0.5) is 5.69 Å². The molecule has 0 N–H and O–H groups in total. The Balaban J connectivity index is 1.55. The maximum absolute atomic E-state index is 12.3. The highest BCUT2D eigenvalue weighted by Crippen LogP contribution is 2.32. The summed E-state index contributed by atoms with van der Waals surface area (Å²) in [5.41, 5.74) is 2.40. The lowest BCUT2D eigenvalue weighted by atomic mass is 10.2. The third-order valence-corrected chi connectivity index (χ3v) is 6.98. The highest BCUT2D eigenvalue weighted by molar-refractivity contribution is 14.1. The summed E-state index contributed by atoms with van der Waals surface area (Å²) in [4.78, 5) is 26.9. The fraction of sp³-hybridized carbons (Fsp3) is 0.0435. The van der Waals surface area contributed by atoms with Crippen LogP contribution in [-0.2, 0) is 16.1 Å². The van der Waals surface area contributed by atoms with Crippen molar-refractivity contribution in [3.05, 3.63) is 105 Å². The molecule has 3 aromatic rings. The van der Waals surface area contributed by atoms with Gasteiger partial charge in [-0.3, -0.25) is 10.1 Å². The van der Waals surface area contributed by atoms with Crippen molar-refractivity contribution in [1.82, 2.24) is 0 Å². The van der Waals surface area contributed by atoms with Gasteiger partial charge in [0.05, 0.1) is 12.1 Å². The Morgan fingerprint density at radius 3 is 2.39 bits per heavy atom. The van der Waals surface area contributed by atoms with Gasteiger partial charge in [0.25, 0.3) is 5.69 Å². The van der Waals surface area contributed by atoms with Gasteiger partial charge in [-0.2, -0.15) is 0 Å². The number of nitro groups is 1. The number of carbonyl (C=O) groups excluding carboxylic acids is 1. The number of halogens is 3. The zero-order valence-corrected chi connectivity index (χ0v) is 22.5. The molecule has 0 amide bonds. The first-order valence-corrected chi connectivity index (χ1v) is 12.4. The number of ether oxygens (including phenoxy) is 2. The van der Waals surface area contributed by atoms with Crippen molar-refractivity contribution < 1.29 is 19.2 Å². The van der Waals surface area contributed by atoms with Crippen molar-refractivity contribution in [2.24, 2.45) is 4.99 Å². The normalized spacial score (nSPS) is 14.2. The van der Waals surface area contributed by atoms with E-state index in [9.17, 15) is 14.9 Å². The number of nitrogens with zero attached hydrogens (tertiary/aromatic N) is 2. The lowest BCUT2D eigenvalue weighted by molar-refractivity contribution is -0.384. The van der Waals surface area contributed by atoms with Crippen LogP contribution >= 0.6 is 61.1 Å². The van der Waals surface area contributed by atoms with E-state index in [1.54, 1.807) is 6.08 Å². The quantitative estimate of drug-likeness (QED) is 0.0952. The summed E-state index contributed by atoms with van der Waals surface area (Å²) >= 11 is 7.92. The van der Waals surface area contributed by atoms with E-state index in [1.807, 2.05) is 36.4 Å². The van der Waals surface area contributed by atoms with E-state index in [0.29, 0.717) is 12.2 Å². The topological polar surface area (TPSA) is 91.0 Å². The molecule has 0 aliphatic carbocycles. The summed E-state index contributed by atoms with van der Waals surface area (Å²) in [5, 5.41) is 10.8. The van der Waals surface area contributed by atoms with Gasteiger partial charge in [-0.15, -0.1) is 0 Å². The number of nitro benzene ring substituents is 1. The lowest BCUT2D eigenvalue weighted by Crippen LogP contribution is -2.05. The van der Waals surface area contributed by atoms with E-state index in [0.717, 1.165) is 28.5 Å². The number of hydrogen-bond acceptors (Lipinski definition) is 6. The molecule has 0 radical (unpaired) electrons. The molecule has 0 spiro atoms. The molecule has 3 aromatic carbocycles. The fourth-order valence-electron chi connectivity index (χ4n) is 2.98. The Morgan fingerprint density at radius 1 is 1.09 bits per heavy atom. The van der Waals surface area contributed by atoms with Gasteiger partial charge in [0, 0.05) is 27.7 Å². The van der Waals surface area contributed by atoms with E-state index in [1.165, 1.54) is 24.3 Å². The molecule has 0 fully saturated rings. The SMILES string of the molecule is O=C1OC(c2ccc([N+](=O)[O-])cc2)=N/C1=C\c1cc(I)c(OCc2ccccc2Br)c(I)c1. The molecule has 10 heteroatoms. The Kier molecular flexibility index (Phi) is 7.44. The molecule has 4 rings (SSSR count). The largest absolute Gasteiger partial charge is 0.487 e. The maximum Gasteiger partial charge on any atom is 0.363 e. The van der Waals surface area contributed by atoms with Crippen LogP contribution in [0.3, 0.4) is 0 Å². The first-order chi connectivity index (χ1) is 15.8. The zero-order chi connectivity index (χ0) is 23.5. The standard InChI is InChI=1S/C23H13BrI2N2O5/c24-17-4-2-1-3-15(17)12-32-21-18(25)9-13(10-19(21)26)11-20-23(29)33-22(27-20)14-5-7-16(8-6-14)28(30)31/h1-11H,12H2/b20-11-. The summed E-state index contributed by atoms with van der Waals surface area (Å²) in [7, 11) is 0. The van der Waals surface area contributed by atoms with Crippen molar-refractivity contribution in [3.8, 4) is 5.75 Å². The minimum Gasteiger partial charge on any atom is -0.487 e. The van der Waals surface area contributed by atoms with Crippen molar-refractivity contribution in [1.29, 1.82) is 0 Å². The van der Waals surface area contributed by atoms with E-state index in [-0.39, 0.29) is 17.3 Å². The molecule has 0 aromatic heterocycles. The summed E-state index contributed by atoms with van der Waals surface area (Å²) in [5.74, 6) is 0.291. The van der Waals surface area contributed by atoms with Gasteiger partial charge in [-0.1, -0.05) is 34.1 Å². The van der Waals surface area contributed by atoms with Crippen LogP contribution in [0.1, 0.15) is 16.7 Å². The van der Waals surface area contributed by atoms with Crippen molar-refractivity contribution in [3.63, 3.8) is 0 Å². The maximum atomic E-state index is 12.3. The average Bonchev–Trinajstić information content (AvgIpc) is 3.14. The van der Waals surface area contributed by atoms with Gasteiger partial charge in [0.1, 0.15) is 12.4 Å². The number of cyclic esters (lactones) is 1. The lowest BCUT2D eigenvalue weighted by Gasteiger charge is -2.12. The summed E-state index contributed by atoms with van der Waals surface area (Å²) < 4.78 is 14.1. The molecular weight excluding hydrogens is 718 g/mol. The predicted octanol–water partition coefficient (Wildman–Crippen LogP) is 6.49. The van der Waals surface area contributed by atoms with Crippen LogP contribution in [0.2, 0.25) is 0 Å². The molecule has 0 saturated carbocycles. The number of rotatable bonds is 6. The molecule has 1 heterocycles. The summed E-state index contributed by atoms with van der Waals surface area (Å²) in [6.45, 7) is 0.420. The fourth-order valence-corrected chi connectivity index (χ4v) is 5.51. The van der Waals surface area contributed by atoms with E-state index < -0.39 is 10.9 Å². The summed E-state index contributed by atoms with van der Waals surface area (Å²) in [6, 6.07) is 17.3. The van der Waals surface area contributed by atoms with Crippen molar-refractivity contribution in [2.45, 2.75) is 6.61 Å². The molecule has 166 valence electrons. The highest BCUT2D eigenvalue weighted by atomic mass is 127. The Bertz CT molecular complexity index is 1300. The Hall–Kier alpha value is -2.32. The molecule has 0 atom stereocenters. The molecule has 0 unspecified atom stereocenters. The molecule has 33 heavy (non-hydrogen) atoms. The smallest absolute Gasteiger partial charge is 0.363 e. The third-order valence-electron chi connectivity index (χ3n) is 4.60. The minimum absolute atomic E-state index is 0.0504. The molecule has 1 aliphatic heterocycles. The van der Waals surface area contributed by atoms with Crippen molar-refractivity contribution >= 4 is 84.7 Å². The second kappa shape index (κ2) is 10.3. The van der Waals surface area contributed by atoms with Crippen LogP contribution in [0.25, 0.3) is 6.08 Å². The summed E-state index contributed by atoms with van der Waals surface area (Å²) in [6.07, 6.45) is 1.64. The van der Waals surface area contributed by atoms with Crippen LogP contribution in [-0.4, -0.2) is 16.8 Å². The first kappa shape index (κ1) is 23.8. The van der Waals surface area contributed by atoms with Crippen LogP contribution in [0.15, 0.2) is 75.8 Å². The third kappa shape index (κ3) is 5.61. The Labute approximate surface area is 224 Å². The highest BCUT2D eigenvalue weighted by Gasteiger charge is 2.25. The van der Waals surface area contributed by atoms with Gasteiger partial charge in [0.15, 0.2) is 5.70 Å². The second-order valence-corrected chi connectivity index (χ2v) is 10.0. The predicted molar refractivity (Wildman–Crippen MR) is 144 cm³/mol. The van der Waals surface area contributed by atoms with E-state index in [2.05, 4.69) is 66.1 Å². The minimum atomic E-state index is -0.581. The van der Waals surface area contributed by atoms with Crippen LogP contribution in [0, 0.1) is 17.3 Å². The number of hydrogen-bond donors (Lipinski definition) is 0. The molecule has 7 nitrogen and oxygen atoms in total. The monoisotopic (exact) mass is 730 g/mol. The van der Waals surface area contributed by atoms with Crippen molar-refractivity contribution in [2.75, 3.05) is 0 Å². The average molecular weight is 731 g/mol. The number of esters is 1. The van der Waals surface area contributed by atoms with Gasteiger partial charge >= 0.3 is 5.97 Å². The van der Waals surface area contributed by atoms with Gasteiger partial charge in [-0.05, 0) is 87.2 Å². The number of benzene rings is 3. The first-order valence-electron chi connectivity index (χ1n) is 9.44. The number of aliphatic imine (C=N–C) groups is 1. The zero-order valence-electron chi connectivity index (χ0n) is 16.6. The Morgan fingerprint density at radius 2 is 1.76 bits per heavy atom. The van der Waals surface area contributed by atoms with Gasteiger partial charge < -0.3 is 9.47 Å². The van der Waals surface area contributed by atoms with Crippen LogP contribution < -0.4 is 4.74 Å². The molecular formula is C23H13BrI2N2O5. The molecule has 1 aliphatic rings. The van der Waals surface area contributed by atoms with Gasteiger partial charge in [0.2, 0.25) is 5.90 Å².